The first-order chi connectivity index (χ1) is 17.7. The van der Waals surface area contributed by atoms with E-state index in [0.29, 0.717) is 5.56 Å². The van der Waals surface area contributed by atoms with Gasteiger partial charge in [0, 0.05) is 13.3 Å². The van der Waals surface area contributed by atoms with Crippen molar-refractivity contribution < 1.29 is 43.8 Å². The van der Waals surface area contributed by atoms with Gasteiger partial charge in [0.1, 0.15) is 29.9 Å². The molecule has 6 amide bonds. The van der Waals surface area contributed by atoms with Gasteiger partial charge in [-0.15, -0.1) is 0 Å². The fraction of sp³-hybridized carbons (Fsp3) is 0.435. The van der Waals surface area contributed by atoms with Crippen molar-refractivity contribution in [3.63, 3.8) is 0 Å². The van der Waals surface area contributed by atoms with Gasteiger partial charge in [-0.05, 0) is 31.5 Å². The highest BCUT2D eigenvalue weighted by molar-refractivity contribution is 5.95. The van der Waals surface area contributed by atoms with Crippen LogP contribution >= 0.6 is 0 Å². The van der Waals surface area contributed by atoms with E-state index in [-0.39, 0.29) is 12.2 Å². The van der Waals surface area contributed by atoms with Crippen molar-refractivity contribution >= 4 is 41.4 Å². The number of nitrogens with two attached hydrogens (primary N) is 1. The number of carboxylic acid groups (broad SMARTS) is 1. The first kappa shape index (κ1) is 31.3. The molecule has 38 heavy (non-hydrogen) atoms. The zero-order chi connectivity index (χ0) is 29.0. The molecule has 0 radical (unpaired) electrons. The molecule has 0 aliphatic heterocycles. The molecule has 0 spiro atoms. The number of carboxylic acids is 1. The summed E-state index contributed by atoms with van der Waals surface area (Å²) >= 11 is 0. The molecule has 15 heteroatoms. The van der Waals surface area contributed by atoms with Gasteiger partial charge in [-0.1, -0.05) is 12.1 Å². The monoisotopic (exact) mass is 536 g/mol. The SMILES string of the molecule is CC(=O)N[C@@H](Cc1ccc(O)cc1)C(=O)N[C@@H](C)C(=O)N[C@@H](C)C(=O)NCC(=O)N[C@@H](CC(N)=O)C(=O)O. The summed E-state index contributed by atoms with van der Waals surface area (Å²) in [6.45, 7) is 3.27. The van der Waals surface area contributed by atoms with Crippen LogP contribution < -0.4 is 32.3 Å². The quantitative estimate of drug-likeness (QED) is 0.121. The second-order valence-electron chi connectivity index (χ2n) is 8.43. The van der Waals surface area contributed by atoms with Crippen molar-refractivity contribution in [1.29, 1.82) is 0 Å². The number of carbonyl (C=O) groups is 7. The molecular formula is C23H32N6O9. The van der Waals surface area contributed by atoms with Crippen LogP contribution in [0, 0.1) is 0 Å². The third kappa shape index (κ3) is 11.4. The van der Waals surface area contributed by atoms with E-state index >= 15 is 0 Å². The molecule has 0 fully saturated rings. The number of benzene rings is 1. The smallest absolute Gasteiger partial charge is 0.326 e. The first-order valence-corrected chi connectivity index (χ1v) is 11.4. The summed E-state index contributed by atoms with van der Waals surface area (Å²) in [6, 6.07) is 1.18. The Morgan fingerprint density at radius 2 is 1.37 bits per heavy atom. The van der Waals surface area contributed by atoms with Crippen LogP contribution in [0.1, 0.15) is 32.8 Å². The fourth-order valence-electron chi connectivity index (χ4n) is 3.07. The van der Waals surface area contributed by atoms with E-state index in [4.69, 9.17) is 10.8 Å². The van der Waals surface area contributed by atoms with Gasteiger partial charge in [-0.3, -0.25) is 28.8 Å². The number of phenolic OH excluding ortho intramolecular Hbond substituents is 1. The van der Waals surface area contributed by atoms with Gasteiger partial charge in [0.15, 0.2) is 0 Å². The second kappa shape index (κ2) is 14.8. The topological polar surface area (TPSA) is 246 Å². The number of nitrogens with one attached hydrogen (secondary N) is 5. The number of aromatic hydroxyl groups is 1. The maximum absolute atomic E-state index is 12.7. The number of amides is 6. The summed E-state index contributed by atoms with van der Waals surface area (Å²) in [5, 5.41) is 30.0. The number of hydrogen-bond donors (Lipinski definition) is 8. The lowest BCUT2D eigenvalue weighted by Gasteiger charge is -2.22. The van der Waals surface area contributed by atoms with Crippen LogP contribution in [0.2, 0.25) is 0 Å². The van der Waals surface area contributed by atoms with Crippen LogP contribution in [-0.4, -0.2) is 82.3 Å². The van der Waals surface area contributed by atoms with E-state index in [1.54, 1.807) is 12.1 Å². The predicted molar refractivity (Wildman–Crippen MR) is 131 cm³/mol. The molecule has 0 heterocycles. The molecule has 15 nitrogen and oxygen atoms in total. The van der Waals surface area contributed by atoms with Gasteiger partial charge < -0.3 is 42.5 Å². The Morgan fingerprint density at radius 1 is 0.816 bits per heavy atom. The highest BCUT2D eigenvalue weighted by atomic mass is 16.4. The molecule has 9 N–H and O–H groups in total. The minimum Gasteiger partial charge on any atom is -0.508 e. The second-order valence-corrected chi connectivity index (χ2v) is 8.43. The van der Waals surface area contributed by atoms with E-state index in [1.165, 1.54) is 32.9 Å². The standard InChI is InChI=1S/C23H32N6O9/c1-11(20(34)25-10-19(33)29-17(23(37)38)9-18(24)32)26-21(35)12(2)27-22(36)16(28-13(3)30)8-14-4-6-15(31)7-5-14/h4-7,11-12,16-17,31H,8-10H2,1-3H3,(H2,24,32)(H,25,34)(H,26,35)(H,27,36)(H,28,30)(H,29,33)(H,37,38)/t11-,12-,16-,17-/m0/s1. The lowest BCUT2D eigenvalue weighted by atomic mass is 10.0. The van der Waals surface area contributed by atoms with Gasteiger partial charge in [0.25, 0.3) is 0 Å². The molecule has 1 aromatic carbocycles. The first-order valence-electron chi connectivity index (χ1n) is 11.4. The average molecular weight is 537 g/mol. The van der Waals surface area contributed by atoms with Gasteiger partial charge in [-0.25, -0.2) is 4.79 Å². The van der Waals surface area contributed by atoms with Crippen LogP contribution in [0.5, 0.6) is 5.75 Å². The van der Waals surface area contributed by atoms with Crippen LogP contribution in [0.4, 0.5) is 0 Å². The van der Waals surface area contributed by atoms with Gasteiger partial charge in [0.05, 0.1) is 13.0 Å². The summed E-state index contributed by atoms with van der Waals surface area (Å²) in [5.74, 6) is -5.93. The lowest BCUT2D eigenvalue weighted by Crippen LogP contribution is -2.56. The zero-order valence-corrected chi connectivity index (χ0v) is 21.1. The molecule has 0 bridgehead atoms. The Kier molecular flexibility index (Phi) is 12.2. The van der Waals surface area contributed by atoms with Crippen molar-refractivity contribution in [3.8, 4) is 5.75 Å². The zero-order valence-electron chi connectivity index (χ0n) is 21.1. The van der Waals surface area contributed by atoms with Crippen LogP contribution in [0.15, 0.2) is 24.3 Å². The maximum atomic E-state index is 12.7. The van der Waals surface area contributed by atoms with Crippen LogP contribution in [0.3, 0.4) is 0 Å². The van der Waals surface area contributed by atoms with Crippen molar-refractivity contribution in [3.05, 3.63) is 29.8 Å². The Labute approximate surface area is 217 Å². The number of primary amides is 1. The summed E-state index contributed by atoms with van der Waals surface area (Å²) in [6.07, 6.45) is -0.550. The number of rotatable bonds is 14. The number of aliphatic carboxylic acids is 1. The Morgan fingerprint density at radius 3 is 1.89 bits per heavy atom. The van der Waals surface area contributed by atoms with Crippen molar-refractivity contribution in [2.24, 2.45) is 5.73 Å². The van der Waals surface area contributed by atoms with Gasteiger partial charge >= 0.3 is 5.97 Å². The molecule has 1 rings (SSSR count). The van der Waals surface area contributed by atoms with Crippen molar-refractivity contribution in [2.45, 2.75) is 57.8 Å². The number of phenols is 1. The van der Waals surface area contributed by atoms with Crippen molar-refractivity contribution in [1.82, 2.24) is 26.6 Å². The Bertz CT molecular complexity index is 1060. The minimum absolute atomic E-state index is 0.0332. The largest absolute Gasteiger partial charge is 0.508 e. The summed E-state index contributed by atoms with van der Waals surface area (Å²) < 4.78 is 0. The van der Waals surface area contributed by atoms with E-state index < -0.39 is 78.5 Å². The molecule has 0 unspecified atom stereocenters. The molecular weight excluding hydrogens is 504 g/mol. The van der Waals surface area contributed by atoms with Crippen molar-refractivity contribution in [2.75, 3.05) is 6.54 Å². The fourth-order valence-corrected chi connectivity index (χ4v) is 3.07. The van der Waals surface area contributed by atoms with E-state index in [2.05, 4.69) is 21.3 Å². The average Bonchev–Trinajstić information content (AvgIpc) is 2.82. The summed E-state index contributed by atoms with van der Waals surface area (Å²) in [5.41, 5.74) is 5.58. The molecule has 0 aliphatic carbocycles. The highest BCUT2D eigenvalue weighted by Gasteiger charge is 2.26. The third-order valence-electron chi connectivity index (χ3n) is 5.04. The lowest BCUT2D eigenvalue weighted by molar-refractivity contribution is -0.143. The summed E-state index contributed by atoms with van der Waals surface area (Å²) in [7, 11) is 0. The van der Waals surface area contributed by atoms with Crippen LogP contribution in [0.25, 0.3) is 0 Å². The normalized spacial score (nSPS) is 13.6. The molecule has 1 aromatic rings. The Hall–Kier alpha value is -4.69. The molecule has 208 valence electrons. The Balaban J connectivity index is 2.62. The predicted octanol–water partition coefficient (Wildman–Crippen LogP) is -2.99. The molecule has 0 aromatic heterocycles. The van der Waals surface area contributed by atoms with E-state index in [9.17, 15) is 38.7 Å². The highest BCUT2D eigenvalue weighted by Crippen LogP contribution is 2.11. The van der Waals surface area contributed by atoms with E-state index in [1.807, 2.05) is 5.32 Å². The third-order valence-corrected chi connectivity index (χ3v) is 5.04. The maximum Gasteiger partial charge on any atom is 0.326 e. The summed E-state index contributed by atoms with van der Waals surface area (Å²) in [4.78, 5) is 82.8. The molecule has 0 saturated heterocycles. The molecule has 0 aliphatic rings. The van der Waals surface area contributed by atoms with Gasteiger partial charge in [-0.2, -0.15) is 0 Å². The number of carbonyl (C=O) groups excluding carboxylic acids is 6. The van der Waals surface area contributed by atoms with Gasteiger partial charge in [0.2, 0.25) is 35.4 Å². The number of hydrogen-bond acceptors (Lipinski definition) is 8. The minimum atomic E-state index is -1.56. The molecule has 0 saturated carbocycles. The molecule has 4 atom stereocenters. The van der Waals surface area contributed by atoms with E-state index in [0.717, 1.165) is 0 Å². The van der Waals surface area contributed by atoms with Crippen LogP contribution in [-0.2, 0) is 40.0 Å².